The van der Waals surface area contributed by atoms with Crippen molar-refractivity contribution in [2.45, 2.75) is 13.8 Å². The molecule has 0 saturated heterocycles. The second-order valence-electron chi connectivity index (χ2n) is 2.36. The molecule has 0 saturated carbocycles. The fourth-order valence-corrected chi connectivity index (χ4v) is 0.938. The first kappa shape index (κ1) is 5.54. The predicted molar refractivity (Wildman–Crippen MR) is 32.5 cm³/mol. The van der Waals surface area contributed by atoms with Crippen LogP contribution < -0.4 is 0 Å². The molecule has 0 radical (unpaired) electrons. The zero-order valence-corrected chi connectivity index (χ0v) is 5.22. The van der Waals surface area contributed by atoms with Crippen molar-refractivity contribution in [3.63, 3.8) is 0 Å². The lowest BCUT2D eigenvalue weighted by molar-refractivity contribution is -0.122. The van der Waals surface area contributed by atoms with Gasteiger partial charge in [-0.3, -0.25) is 4.79 Å². The fourth-order valence-electron chi connectivity index (χ4n) is 0.938. The standard InChI is InChI=1S/C7H10O/c1-5-3-4-6(2)7(5)8/h3-6H,1-2H3/t5-,6+. The topological polar surface area (TPSA) is 17.1 Å². The van der Waals surface area contributed by atoms with Gasteiger partial charge in [-0.15, -0.1) is 0 Å². The van der Waals surface area contributed by atoms with Crippen LogP contribution in [-0.4, -0.2) is 5.78 Å². The maximum atomic E-state index is 10.8. The average molecular weight is 110 g/mol. The molecule has 1 nitrogen and oxygen atoms in total. The Balaban J connectivity index is 2.70. The van der Waals surface area contributed by atoms with Crippen molar-refractivity contribution in [3.05, 3.63) is 12.2 Å². The molecule has 0 aromatic rings. The van der Waals surface area contributed by atoms with Crippen LogP contribution in [0.2, 0.25) is 0 Å². The van der Waals surface area contributed by atoms with E-state index < -0.39 is 0 Å². The molecule has 0 amide bonds. The van der Waals surface area contributed by atoms with Gasteiger partial charge in [-0.05, 0) is 0 Å². The van der Waals surface area contributed by atoms with E-state index in [0.29, 0.717) is 5.78 Å². The summed E-state index contributed by atoms with van der Waals surface area (Å²) in [6, 6.07) is 0. The molecule has 1 heteroatoms. The van der Waals surface area contributed by atoms with Crippen molar-refractivity contribution in [3.8, 4) is 0 Å². The molecule has 0 aromatic carbocycles. The van der Waals surface area contributed by atoms with Crippen molar-refractivity contribution in [2.24, 2.45) is 11.8 Å². The molecule has 8 heavy (non-hydrogen) atoms. The van der Waals surface area contributed by atoms with Crippen LogP contribution in [0.1, 0.15) is 13.8 Å². The Morgan fingerprint density at radius 2 is 1.62 bits per heavy atom. The van der Waals surface area contributed by atoms with Crippen molar-refractivity contribution >= 4 is 5.78 Å². The Kier molecular flexibility index (Phi) is 1.20. The van der Waals surface area contributed by atoms with Gasteiger partial charge in [0.05, 0.1) is 0 Å². The Morgan fingerprint density at radius 3 is 1.75 bits per heavy atom. The summed E-state index contributed by atoms with van der Waals surface area (Å²) < 4.78 is 0. The molecule has 0 spiro atoms. The largest absolute Gasteiger partial charge is 0.298 e. The smallest absolute Gasteiger partial charge is 0.145 e. The molecular weight excluding hydrogens is 100 g/mol. The van der Waals surface area contributed by atoms with Gasteiger partial charge in [0, 0.05) is 11.8 Å². The molecule has 1 rings (SSSR count). The summed E-state index contributed by atoms with van der Waals surface area (Å²) in [6.45, 7) is 3.87. The van der Waals surface area contributed by atoms with Gasteiger partial charge in [-0.25, -0.2) is 0 Å². The van der Waals surface area contributed by atoms with E-state index in [1.54, 1.807) is 0 Å². The summed E-state index contributed by atoms with van der Waals surface area (Å²) in [6.07, 6.45) is 3.93. The minimum atomic E-state index is 0.171. The second-order valence-corrected chi connectivity index (χ2v) is 2.36. The van der Waals surface area contributed by atoms with Crippen molar-refractivity contribution in [2.75, 3.05) is 0 Å². The molecule has 0 aliphatic heterocycles. The van der Waals surface area contributed by atoms with Crippen LogP contribution in [0.25, 0.3) is 0 Å². The molecule has 2 atom stereocenters. The molecule has 0 fully saturated rings. The summed E-state index contributed by atoms with van der Waals surface area (Å²) in [7, 11) is 0. The molecule has 1 aliphatic carbocycles. The first-order valence-corrected chi connectivity index (χ1v) is 2.94. The van der Waals surface area contributed by atoms with E-state index in [0.717, 1.165) is 0 Å². The van der Waals surface area contributed by atoms with Gasteiger partial charge in [-0.2, -0.15) is 0 Å². The van der Waals surface area contributed by atoms with Crippen molar-refractivity contribution < 1.29 is 4.79 Å². The Labute approximate surface area is 49.4 Å². The number of carbonyl (C=O) groups is 1. The second kappa shape index (κ2) is 1.73. The third-order valence-electron chi connectivity index (χ3n) is 1.59. The van der Waals surface area contributed by atoms with Crippen LogP contribution in [0.4, 0.5) is 0 Å². The van der Waals surface area contributed by atoms with Gasteiger partial charge in [0.25, 0.3) is 0 Å². The number of hydrogen-bond donors (Lipinski definition) is 0. The van der Waals surface area contributed by atoms with E-state index in [2.05, 4.69) is 0 Å². The maximum Gasteiger partial charge on any atom is 0.145 e. The van der Waals surface area contributed by atoms with Crippen LogP contribution in [-0.2, 0) is 4.79 Å². The van der Waals surface area contributed by atoms with Gasteiger partial charge >= 0.3 is 0 Å². The minimum absolute atomic E-state index is 0.171. The first-order valence-electron chi connectivity index (χ1n) is 2.94. The molecular formula is C7H10O. The van der Waals surface area contributed by atoms with Gasteiger partial charge < -0.3 is 0 Å². The van der Waals surface area contributed by atoms with Crippen LogP contribution in [0.15, 0.2) is 12.2 Å². The number of ketones is 1. The predicted octanol–water partition coefficient (Wildman–Crippen LogP) is 1.40. The zero-order chi connectivity index (χ0) is 6.15. The van der Waals surface area contributed by atoms with E-state index in [1.807, 2.05) is 26.0 Å². The van der Waals surface area contributed by atoms with E-state index in [1.165, 1.54) is 0 Å². The van der Waals surface area contributed by atoms with Gasteiger partial charge in [0.15, 0.2) is 0 Å². The maximum absolute atomic E-state index is 10.8. The lowest BCUT2D eigenvalue weighted by Gasteiger charge is -1.97. The third-order valence-corrected chi connectivity index (χ3v) is 1.59. The highest BCUT2D eigenvalue weighted by Gasteiger charge is 2.20. The summed E-state index contributed by atoms with van der Waals surface area (Å²) in [5, 5.41) is 0. The number of carbonyl (C=O) groups excluding carboxylic acids is 1. The molecule has 0 aromatic heterocycles. The molecule has 0 heterocycles. The SMILES string of the molecule is C[C@@H]1C=C[C@H](C)C1=O. The van der Waals surface area contributed by atoms with Crippen LogP contribution >= 0.6 is 0 Å². The van der Waals surface area contributed by atoms with Crippen LogP contribution in [0.3, 0.4) is 0 Å². The van der Waals surface area contributed by atoms with Gasteiger partial charge in [0.1, 0.15) is 5.78 Å². The Morgan fingerprint density at radius 1 is 1.25 bits per heavy atom. The van der Waals surface area contributed by atoms with Crippen LogP contribution in [0.5, 0.6) is 0 Å². The highest BCUT2D eigenvalue weighted by Crippen LogP contribution is 2.17. The average Bonchev–Trinajstić information content (AvgIpc) is 1.98. The summed E-state index contributed by atoms with van der Waals surface area (Å²) >= 11 is 0. The molecule has 0 N–H and O–H groups in total. The number of allylic oxidation sites excluding steroid dienone is 2. The van der Waals surface area contributed by atoms with E-state index in [9.17, 15) is 4.79 Å². The molecule has 44 valence electrons. The normalized spacial score (nSPS) is 36.5. The molecule has 0 bridgehead atoms. The van der Waals surface area contributed by atoms with E-state index in [-0.39, 0.29) is 11.8 Å². The Hall–Kier alpha value is -0.590. The van der Waals surface area contributed by atoms with Crippen molar-refractivity contribution in [1.82, 2.24) is 0 Å². The third kappa shape index (κ3) is 0.683. The molecule has 1 aliphatic rings. The van der Waals surface area contributed by atoms with E-state index in [4.69, 9.17) is 0 Å². The number of rotatable bonds is 0. The monoisotopic (exact) mass is 110 g/mol. The van der Waals surface area contributed by atoms with Gasteiger partial charge in [-0.1, -0.05) is 26.0 Å². The number of hydrogen-bond acceptors (Lipinski definition) is 1. The number of Topliss-reactive ketones (excluding diaryl/α,β-unsaturated/α-hetero) is 1. The van der Waals surface area contributed by atoms with Crippen LogP contribution in [0, 0.1) is 11.8 Å². The highest BCUT2D eigenvalue weighted by molar-refractivity contribution is 5.88. The lowest BCUT2D eigenvalue weighted by Crippen LogP contribution is -2.08. The highest BCUT2D eigenvalue weighted by atomic mass is 16.1. The summed E-state index contributed by atoms with van der Waals surface area (Å²) in [4.78, 5) is 10.8. The Bertz CT molecular complexity index is 121. The zero-order valence-electron chi connectivity index (χ0n) is 5.22. The minimum Gasteiger partial charge on any atom is -0.298 e. The fraction of sp³-hybridized carbons (Fsp3) is 0.571. The summed E-state index contributed by atoms with van der Waals surface area (Å²) in [5.41, 5.74) is 0. The van der Waals surface area contributed by atoms with E-state index >= 15 is 0 Å². The summed E-state index contributed by atoms with van der Waals surface area (Å²) in [5.74, 6) is 0.694. The molecule has 0 unspecified atom stereocenters. The first-order chi connectivity index (χ1) is 3.72. The van der Waals surface area contributed by atoms with Crippen molar-refractivity contribution in [1.29, 1.82) is 0 Å². The van der Waals surface area contributed by atoms with Gasteiger partial charge in [0.2, 0.25) is 0 Å². The lowest BCUT2D eigenvalue weighted by atomic mass is 10.1. The quantitative estimate of drug-likeness (QED) is 0.431.